The predicted molar refractivity (Wildman–Crippen MR) is 226 cm³/mol. The second kappa shape index (κ2) is 38.3. The summed E-state index contributed by atoms with van der Waals surface area (Å²) in [6, 6.07) is -1.53. The van der Waals surface area contributed by atoms with Crippen LogP contribution < -0.4 is 5.73 Å². The highest BCUT2D eigenvalue weighted by atomic mass is 31.2. The van der Waals surface area contributed by atoms with Crippen LogP contribution in [0.25, 0.3) is 0 Å². The van der Waals surface area contributed by atoms with E-state index in [9.17, 15) is 23.8 Å². The maximum Gasteiger partial charge on any atom is 0.472 e. The molecule has 0 spiro atoms. The van der Waals surface area contributed by atoms with Gasteiger partial charge in [0.15, 0.2) is 6.10 Å². The Labute approximate surface area is 336 Å². The summed E-state index contributed by atoms with van der Waals surface area (Å²) in [5.74, 6) is -2.47. The lowest BCUT2D eigenvalue weighted by molar-refractivity contribution is -0.161. The zero-order chi connectivity index (χ0) is 41.4. The van der Waals surface area contributed by atoms with Gasteiger partial charge in [0.2, 0.25) is 0 Å². The van der Waals surface area contributed by atoms with E-state index in [4.69, 9.17) is 24.8 Å². The van der Waals surface area contributed by atoms with E-state index < -0.39 is 51.1 Å². The highest BCUT2D eigenvalue weighted by Crippen LogP contribution is 2.43. The molecule has 3 atom stereocenters. The number of rotatable bonds is 36. The van der Waals surface area contributed by atoms with Crippen molar-refractivity contribution in [1.82, 2.24) is 0 Å². The minimum absolute atomic E-state index is 0.124. The van der Waals surface area contributed by atoms with Crippen LogP contribution >= 0.6 is 7.82 Å². The lowest BCUT2D eigenvalue weighted by Gasteiger charge is -2.20. The Balaban J connectivity index is 4.50. The molecule has 56 heavy (non-hydrogen) atoms. The van der Waals surface area contributed by atoms with E-state index >= 15 is 0 Å². The van der Waals surface area contributed by atoms with Crippen molar-refractivity contribution in [2.45, 2.75) is 142 Å². The maximum absolute atomic E-state index is 12.6. The van der Waals surface area contributed by atoms with Gasteiger partial charge in [0.05, 0.1) is 13.2 Å². The van der Waals surface area contributed by atoms with Gasteiger partial charge in [0.25, 0.3) is 0 Å². The number of carboxylic acid groups (broad SMARTS) is 1. The molecule has 0 aliphatic heterocycles. The monoisotopic (exact) mass is 803 g/mol. The summed E-state index contributed by atoms with van der Waals surface area (Å²) in [4.78, 5) is 45.9. The quantitative estimate of drug-likeness (QED) is 0.0181. The van der Waals surface area contributed by atoms with E-state index in [1.807, 2.05) is 24.3 Å². The molecular weight excluding hydrogens is 733 g/mol. The second-order valence-corrected chi connectivity index (χ2v) is 14.5. The number of allylic oxidation sites excluding steroid dienone is 16. The second-order valence-electron chi connectivity index (χ2n) is 13.1. The zero-order valence-corrected chi connectivity index (χ0v) is 34.8. The van der Waals surface area contributed by atoms with E-state index in [1.165, 1.54) is 0 Å². The molecule has 316 valence electrons. The molecule has 4 N–H and O–H groups in total. The molecule has 0 fully saturated rings. The third-order valence-electron chi connectivity index (χ3n) is 7.89. The summed E-state index contributed by atoms with van der Waals surface area (Å²) < 4.78 is 32.6. The lowest BCUT2D eigenvalue weighted by atomic mass is 10.1. The van der Waals surface area contributed by atoms with Gasteiger partial charge in [0.1, 0.15) is 12.6 Å². The Bertz CT molecular complexity index is 1310. The molecule has 0 aromatic heterocycles. The highest BCUT2D eigenvalue weighted by molar-refractivity contribution is 7.47. The summed E-state index contributed by atoms with van der Waals surface area (Å²) in [7, 11) is -4.73. The van der Waals surface area contributed by atoms with Crippen LogP contribution in [0.1, 0.15) is 129 Å². The van der Waals surface area contributed by atoms with Crippen LogP contribution in [0, 0.1) is 0 Å². The fourth-order valence-electron chi connectivity index (χ4n) is 4.74. The number of carbonyl (C=O) groups excluding carboxylic acids is 2. The first-order valence-electron chi connectivity index (χ1n) is 20.3. The summed E-state index contributed by atoms with van der Waals surface area (Å²) in [5.41, 5.74) is 5.32. The molecule has 0 aliphatic carbocycles. The minimum Gasteiger partial charge on any atom is -0.480 e. The topological polar surface area (TPSA) is 172 Å². The number of hydrogen-bond donors (Lipinski definition) is 3. The van der Waals surface area contributed by atoms with Crippen molar-refractivity contribution in [3.8, 4) is 0 Å². The molecule has 0 aliphatic rings. The number of phosphoric ester groups is 1. The molecule has 0 rings (SSSR count). The Kier molecular flexibility index (Phi) is 35.8. The third-order valence-corrected chi connectivity index (χ3v) is 8.84. The van der Waals surface area contributed by atoms with Gasteiger partial charge >= 0.3 is 25.7 Å². The highest BCUT2D eigenvalue weighted by Gasteiger charge is 2.28. The third kappa shape index (κ3) is 37.3. The van der Waals surface area contributed by atoms with Crippen LogP contribution in [-0.4, -0.2) is 59.9 Å². The van der Waals surface area contributed by atoms with Crippen molar-refractivity contribution >= 4 is 25.7 Å². The fourth-order valence-corrected chi connectivity index (χ4v) is 5.51. The summed E-state index contributed by atoms with van der Waals surface area (Å²) >= 11 is 0. The Morgan fingerprint density at radius 1 is 0.571 bits per heavy atom. The molecule has 2 unspecified atom stereocenters. The number of unbranched alkanes of at least 4 members (excludes halogenated alkanes) is 8. The first kappa shape index (κ1) is 52.4. The van der Waals surface area contributed by atoms with E-state index in [-0.39, 0.29) is 19.4 Å². The summed E-state index contributed by atoms with van der Waals surface area (Å²) in [5, 5.41) is 8.87. The maximum atomic E-state index is 12.6. The Morgan fingerprint density at radius 3 is 1.62 bits per heavy atom. The van der Waals surface area contributed by atoms with Gasteiger partial charge in [0, 0.05) is 12.8 Å². The molecule has 0 aromatic rings. The number of carboxylic acids is 1. The normalized spacial score (nSPS) is 14.8. The smallest absolute Gasteiger partial charge is 0.472 e. The van der Waals surface area contributed by atoms with Crippen molar-refractivity contribution in [3.63, 3.8) is 0 Å². The predicted octanol–water partition coefficient (Wildman–Crippen LogP) is 10.5. The average Bonchev–Trinajstić information content (AvgIpc) is 3.17. The van der Waals surface area contributed by atoms with Crippen LogP contribution in [0.4, 0.5) is 0 Å². The number of ether oxygens (including phenoxy) is 2. The fraction of sp³-hybridized carbons (Fsp3) is 0.568. The molecule has 0 aromatic carbocycles. The Hall–Kier alpha value is -3.60. The van der Waals surface area contributed by atoms with Gasteiger partial charge < -0.3 is 25.2 Å². The van der Waals surface area contributed by atoms with Crippen LogP contribution in [0.5, 0.6) is 0 Å². The first-order valence-corrected chi connectivity index (χ1v) is 21.8. The zero-order valence-electron chi connectivity index (χ0n) is 33.9. The van der Waals surface area contributed by atoms with Gasteiger partial charge in [-0.1, -0.05) is 137 Å². The van der Waals surface area contributed by atoms with Crippen LogP contribution in [0.15, 0.2) is 97.2 Å². The molecule has 11 nitrogen and oxygen atoms in total. The molecule has 0 bridgehead atoms. The molecule has 0 saturated carbocycles. The van der Waals surface area contributed by atoms with E-state index in [0.717, 1.165) is 89.9 Å². The van der Waals surface area contributed by atoms with Crippen LogP contribution in [0.3, 0.4) is 0 Å². The van der Waals surface area contributed by atoms with Crippen molar-refractivity contribution in [2.24, 2.45) is 5.73 Å². The SMILES string of the molecule is CC/C=C/C=C/C=C/CCCCCCCC(=O)OC(COC(=O)CCCCC/C=C/C/C=C/C/C=C/C/C=C/C/C=C/CC)COP(=O)(O)OC[C@@H](N)C(=O)O. The van der Waals surface area contributed by atoms with Gasteiger partial charge in [-0.15, -0.1) is 0 Å². The number of phosphoric acid groups is 1. The van der Waals surface area contributed by atoms with Gasteiger partial charge in [-0.25, -0.2) is 4.57 Å². The van der Waals surface area contributed by atoms with Crippen molar-refractivity contribution in [3.05, 3.63) is 97.2 Å². The number of carbonyl (C=O) groups is 3. The van der Waals surface area contributed by atoms with Crippen LogP contribution in [0.2, 0.25) is 0 Å². The largest absolute Gasteiger partial charge is 0.480 e. The standard InChI is InChI=1S/C44H70NO10P/c1-3-5-7-9-11-13-15-17-18-19-20-21-22-24-25-27-29-31-33-35-42(46)52-37-40(38-53-56(50,51)54-39-41(45)44(48)49)55-43(47)36-34-32-30-28-26-23-16-14-12-10-8-6-4-2/h5-8,10-14,16-18,20-21,24-25,40-41H,3-4,9,15,19,22-23,26-39,45H2,1-2H3,(H,48,49)(H,50,51)/b7-5+,8-6+,12-10+,13-11+,16-14+,18-17+,21-20+,25-24+/t40?,41-/m1/s1. The molecule has 12 heteroatoms. The molecule has 0 radical (unpaired) electrons. The van der Waals surface area contributed by atoms with E-state index in [0.29, 0.717) is 12.8 Å². The van der Waals surface area contributed by atoms with E-state index in [1.54, 1.807) is 0 Å². The average molecular weight is 804 g/mol. The van der Waals surface area contributed by atoms with Gasteiger partial charge in [-0.2, -0.15) is 0 Å². The van der Waals surface area contributed by atoms with Crippen LogP contribution in [-0.2, 0) is 37.5 Å². The number of aliphatic carboxylic acids is 1. The summed E-state index contributed by atoms with van der Waals surface area (Å²) in [6.07, 6.45) is 47.6. The Morgan fingerprint density at radius 2 is 1.04 bits per heavy atom. The van der Waals surface area contributed by atoms with Crippen molar-refractivity contribution in [2.75, 3.05) is 19.8 Å². The van der Waals surface area contributed by atoms with Gasteiger partial charge in [-0.05, 0) is 77.0 Å². The number of hydrogen-bond acceptors (Lipinski definition) is 9. The van der Waals surface area contributed by atoms with E-state index in [2.05, 4.69) is 91.3 Å². The number of esters is 2. The van der Waals surface area contributed by atoms with Gasteiger partial charge in [-0.3, -0.25) is 23.4 Å². The molecule has 0 heterocycles. The first-order chi connectivity index (χ1) is 27.1. The lowest BCUT2D eigenvalue weighted by Crippen LogP contribution is -2.34. The molecule has 0 saturated heterocycles. The summed E-state index contributed by atoms with van der Waals surface area (Å²) in [6.45, 7) is 2.46. The minimum atomic E-state index is -4.73. The van der Waals surface area contributed by atoms with Crippen molar-refractivity contribution in [1.29, 1.82) is 0 Å². The van der Waals surface area contributed by atoms with Crippen molar-refractivity contribution < 1.29 is 47.5 Å². The molecular formula is C44H70NO10P. The number of nitrogens with two attached hydrogens (primary N) is 1. The molecule has 0 amide bonds.